The van der Waals surface area contributed by atoms with Gasteiger partial charge in [-0.1, -0.05) is 25.7 Å². The van der Waals surface area contributed by atoms with E-state index < -0.39 is 0 Å². The van der Waals surface area contributed by atoms with Gasteiger partial charge < -0.3 is 4.90 Å². The van der Waals surface area contributed by atoms with Gasteiger partial charge in [0.25, 0.3) is 0 Å². The molecule has 0 spiro atoms. The molecule has 2 rings (SSSR count). The molecule has 16 heavy (non-hydrogen) atoms. The summed E-state index contributed by atoms with van der Waals surface area (Å²) in [6.07, 6.45) is 8.90. The molecule has 1 saturated carbocycles. The predicted octanol–water partition coefficient (Wildman–Crippen LogP) is 1.90. The molecule has 0 radical (unpaired) electrons. The van der Waals surface area contributed by atoms with Crippen molar-refractivity contribution in [2.75, 3.05) is 20.1 Å². The van der Waals surface area contributed by atoms with Crippen molar-refractivity contribution in [2.45, 2.75) is 56.5 Å². The first-order valence-electron chi connectivity index (χ1n) is 6.62. The zero-order valence-corrected chi connectivity index (χ0v) is 10.3. The lowest BCUT2D eigenvalue weighted by Crippen LogP contribution is -2.50. The average Bonchev–Trinajstić information content (AvgIpc) is 2.51. The lowest BCUT2D eigenvalue weighted by molar-refractivity contribution is 0.318. The minimum atomic E-state index is -0.260. The molecule has 0 aromatic heterocycles. The second-order valence-electron chi connectivity index (χ2n) is 5.51. The van der Waals surface area contributed by atoms with Crippen LogP contribution in [0.4, 0.5) is 0 Å². The molecule has 0 bridgehead atoms. The van der Waals surface area contributed by atoms with Gasteiger partial charge in [0.2, 0.25) is 0 Å². The number of likely N-dealkylation sites (N-methyl/N-ethyl adjacent to an activating group) is 1. The van der Waals surface area contributed by atoms with E-state index in [1.807, 2.05) is 0 Å². The SMILES string of the molecule is CN1CCC(C#N)(NC2CCCCCC2)C1. The first kappa shape index (κ1) is 11.9. The zero-order valence-electron chi connectivity index (χ0n) is 10.3. The summed E-state index contributed by atoms with van der Waals surface area (Å²) in [5.41, 5.74) is -0.260. The molecule has 1 saturated heterocycles. The molecule has 1 N–H and O–H groups in total. The van der Waals surface area contributed by atoms with Crippen molar-refractivity contribution < 1.29 is 0 Å². The highest BCUT2D eigenvalue weighted by Crippen LogP contribution is 2.24. The first-order valence-corrected chi connectivity index (χ1v) is 6.62. The van der Waals surface area contributed by atoms with Crippen LogP contribution in [0.3, 0.4) is 0 Å². The maximum atomic E-state index is 9.40. The van der Waals surface area contributed by atoms with Crippen molar-refractivity contribution >= 4 is 0 Å². The number of nitriles is 1. The molecule has 1 aliphatic heterocycles. The van der Waals surface area contributed by atoms with Gasteiger partial charge in [-0.15, -0.1) is 0 Å². The van der Waals surface area contributed by atoms with Gasteiger partial charge in [-0.25, -0.2) is 0 Å². The Morgan fingerprint density at radius 1 is 1.25 bits per heavy atom. The molecular formula is C13H23N3. The molecule has 1 aliphatic carbocycles. The van der Waals surface area contributed by atoms with E-state index in [1.165, 1.54) is 38.5 Å². The van der Waals surface area contributed by atoms with Gasteiger partial charge >= 0.3 is 0 Å². The molecule has 2 aliphatic rings. The minimum absolute atomic E-state index is 0.260. The summed E-state index contributed by atoms with van der Waals surface area (Å²) in [7, 11) is 2.11. The summed E-state index contributed by atoms with van der Waals surface area (Å²) in [6.45, 7) is 1.94. The molecule has 2 fully saturated rings. The van der Waals surface area contributed by atoms with Crippen LogP contribution in [0.1, 0.15) is 44.9 Å². The van der Waals surface area contributed by atoms with E-state index in [2.05, 4.69) is 23.3 Å². The van der Waals surface area contributed by atoms with Crippen LogP contribution in [0.2, 0.25) is 0 Å². The first-order chi connectivity index (χ1) is 7.74. The average molecular weight is 221 g/mol. The highest BCUT2D eigenvalue weighted by atomic mass is 15.2. The van der Waals surface area contributed by atoms with Crippen LogP contribution < -0.4 is 5.32 Å². The van der Waals surface area contributed by atoms with Crippen LogP contribution >= 0.6 is 0 Å². The molecule has 1 unspecified atom stereocenters. The predicted molar refractivity (Wildman–Crippen MR) is 65.1 cm³/mol. The molecule has 0 amide bonds. The standard InChI is InChI=1S/C13H23N3/c1-16-9-8-13(10-14,11-16)15-12-6-4-2-3-5-7-12/h12,15H,2-9,11H2,1H3. The maximum absolute atomic E-state index is 9.40. The van der Waals surface area contributed by atoms with Gasteiger partial charge in [-0.2, -0.15) is 5.26 Å². The largest absolute Gasteiger partial charge is 0.303 e. The van der Waals surface area contributed by atoms with Gasteiger partial charge in [0, 0.05) is 19.1 Å². The number of nitrogens with one attached hydrogen (secondary N) is 1. The molecule has 0 aromatic rings. The zero-order chi connectivity index (χ0) is 11.4. The summed E-state index contributed by atoms with van der Waals surface area (Å²) in [4.78, 5) is 2.26. The lowest BCUT2D eigenvalue weighted by atomic mass is 9.97. The number of hydrogen-bond donors (Lipinski definition) is 1. The topological polar surface area (TPSA) is 39.1 Å². The molecule has 1 heterocycles. The Bertz CT molecular complexity index is 263. The molecular weight excluding hydrogens is 198 g/mol. The Hall–Kier alpha value is -0.590. The Morgan fingerprint density at radius 2 is 1.94 bits per heavy atom. The molecule has 0 aromatic carbocycles. The van der Waals surface area contributed by atoms with Crippen molar-refractivity contribution in [2.24, 2.45) is 0 Å². The smallest absolute Gasteiger partial charge is 0.120 e. The Balaban J connectivity index is 1.93. The third-order valence-electron chi connectivity index (χ3n) is 4.01. The van der Waals surface area contributed by atoms with E-state index in [0.29, 0.717) is 6.04 Å². The lowest BCUT2D eigenvalue weighted by Gasteiger charge is -2.28. The Morgan fingerprint density at radius 3 is 2.44 bits per heavy atom. The van der Waals surface area contributed by atoms with Crippen molar-refractivity contribution in [3.8, 4) is 6.07 Å². The molecule has 3 nitrogen and oxygen atoms in total. The van der Waals surface area contributed by atoms with E-state index in [4.69, 9.17) is 0 Å². The van der Waals surface area contributed by atoms with E-state index in [-0.39, 0.29) is 5.54 Å². The highest BCUT2D eigenvalue weighted by molar-refractivity contribution is 5.13. The van der Waals surface area contributed by atoms with Crippen molar-refractivity contribution in [1.82, 2.24) is 10.2 Å². The van der Waals surface area contributed by atoms with Gasteiger partial charge in [-0.05, 0) is 26.3 Å². The normalized spacial score (nSPS) is 33.5. The minimum Gasteiger partial charge on any atom is -0.303 e. The number of likely N-dealkylation sites (tertiary alicyclic amines) is 1. The monoisotopic (exact) mass is 221 g/mol. The van der Waals surface area contributed by atoms with Gasteiger partial charge in [0.1, 0.15) is 5.54 Å². The van der Waals surface area contributed by atoms with Crippen LogP contribution in [0.5, 0.6) is 0 Å². The Labute approximate surface area is 98.8 Å². The van der Waals surface area contributed by atoms with Crippen molar-refractivity contribution in [1.29, 1.82) is 5.26 Å². The summed E-state index contributed by atoms with van der Waals surface area (Å²) < 4.78 is 0. The highest BCUT2D eigenvalue weighted by Gasteiger charge is 2.38. The van der Waals surface area contributed by atoms with Gasteiger partial charge in [0.05, 0.1) is 6.07 Å². The van der Waals surface area contributed by atoms with Crippen LogP contribution in [0.25, 0.3) is 0 Å². The van der Waals surface area contributed by atoms with E-state index in [0.717, 1.165) is 19.5 Å². The third-order valence-corrected chi connectivity index (χ3v) is 4.01. The van der Waals surface area contributed by atoms with E-state index >= 15 is 0 Å². The number of hydrogen-bond acceptors (Lipinski definition) is 3. The van der Waals surface area contributed by atoms with Crippen LogP contribution in [-0.4, -0.2) is 36.6 Å². The molecule has 3 heteroatoms. The second-order valence-corrected chi connectivity index (χ2v) is 5.51. The van der Waals surface area contributed by atoms with Crippen LogP contribution in [0.15, 0.2) is 0 Å². The van der Waals surface area contributed by atoms with E-state index in [1.54, 1.807) is 0 Å². The maximum Gasteiger partial charge on any atom is 0.120 e. The fraction of sp³-hybridized carbons (Fsp3) is 0.923. The summed E-state index contributed by atoms with van der Waals surface area (Å²) in [5, 5.41) is 13.0. The van der Waals surface area contributed by atoms with Gasteiger partial charge in [0.15, 0.2) is 0 Å². The summed E-state index contributed by atoms with van der Waals surface area (Å²) in [5.74, 6) is 0. The second kappa shape index (κ2) is 5.16. The molecule has 90 valence electrons. The van der Waals surface area contributed by atoms with Crippen molar-refractivity contribution in [3.63, 3.8) is 0 Å². The quantitative estimate of drug-likeness (QED) is 0.724. The van der Waals surface area contributed by atoms with Crippen molar-refractivity contribution in [3.05, 3.63) is 0 Å². The number of rotatable bonds is 2. The Kier molecular flexibility index (Phi) is 3.83. The van der Waals surface area contributed by atoms with Gasteiger partial charge in [-0.3, -0.25) is 5.32 Å². The summed E-state index contributed by atoms with van der Waals surface area (Å²) in [6, 6.07) is 3.10. The third kappa shape index (κ3) is 2.75. The van der Waals surface area contributed by atoms with Crippen LogP contribution in [0, 0.1) is 11.3 Å². The fourth-order valence-electron chi connectivity index (χ4n) is 3.06. The number of nitrogens with zero attached hydrogens (tertiary/aromatic N) is 2. The van der Waals surface area contributed by atoms with Crippen LogP contribution in [-0.2, 0) is 0 Å². The summed E-state index contributed by atoms with van der Waals surface area (Å²) >= 11 is 0. The molecule has 1 atom stereocenters. The fourth-order valence-corrected chi connectivity index (χ4v) is 3.06. The van der Waals surface area contributed by atoms with E-state index in [9.17, 15) is 5.26 Å².